The molecule has 1 N–H and O–H groups in total. The highest BCUT2D eigenvalue weighted by molar-refractivity contribution is 5.76. The summed E-state index contributed by atoms with van der Waals surface area (Å²) in [6, 6.07) is 5.42. The Bertz CT molecular complexity index is 1020. The number of carbonyl (C=O) groups is 1. The largest absolute Gasteiger partial charge is 0.343 e. The molecule has 3 aromatic heterocycles. The fraction of sp³-hybridized carbons (Fsp3) is 0.474. The molecule has 1 aliphatic heterocycles. The van der Waals surface area contributed by atoms with Crippen molar-refractivity contribution in [1.82, 2.24) is 29.3 Å². The van der Waals surface area contributed by atoms with Gasteiger partial charge < -0.3 is 4.90 Å². The standard InChI is InChI=1S/C19H24N6O2/c1-13-11-19(27)25-17(21-13)12-16(22-25)15-4-8-23(9-5-15)18(26)6-10-24-14(2)3-7-20-24/h3,7,11-12,15,22H,4-6,8-10H2,1-2H3. The molecule has 1 aliphatic rings. The van der Waals surface area contributed by atoms with Crippen LogP contribution in [0.15, 0.2) is 29.2 Å². The van der Waals surface area contributed by atoms with Crippen LogP contribution in [0.1, 0.15) is 42.3 Å². The third-order valence-corrected chi connectivity index (χ3v) is 5.35. The lowest BCUT2D eigenvalue weighted by molar-refractivity contribution is -0.132. The SMILES string of the molecule is Cc1cc(=O)n2[nH]c(C3CCN(C(=O)CCn4nccc4C)CC3)cc2n1. The number of piperidine rings is 1. The third-order valence-electron chi connectivity index (χ3n) is 5.35. The van der Waals surface area contributed by atoms with Crippen LogP contribution in [0.3, 0.4) is 0 Å². The van der Waals surface area contributed by atoms with E-state index in [1.54, 1.807) is 6.20 Å². The van der Waals surface area contributed by atoms with E-state index in [2.05, 4.69) is 15.2 Å². The van der Waals surface area contributed by atoms with Crippen LogP contribution in [0.5, 0.6) is 0 Å². The Balaban J connectivity index is 1.37. The zero-order valence-electron chi connectivity index (χ0n) is 15.7. The van der Waals surface area contributed by atoms with Crippen molar-refractivity contribution < 1.29 is 4.79 Å². The van der Waals surface area contributed by atoms with Crippen LogP contribution in [0.2, 0.25) is 0 Å². The molecule has 0 atom stereocenters. The predicted molar refractivity (Wildman–Crippen MR) is 101 cm³/mol. The van der Waals surface area contributed by atoms with Gasteiger partial charge in [0, 0.05) is 67.4 Å². The van der Waals surface area contributed by atoms with Crippen molar-refractivity contribution >= 4 is 11.6 Å². The quantitative estimate of drug-likeness (QED) is 0.758. The van der Waals surface area contributed by atoms with Gasteiger partial charge in [0.05, 0.1) is 0 Å². The van der Waals surface area contributed by atoms with Gasteiger partial charge in [-0.25, -0.2) is 9.50 Å². The van der Waals surface area contributed by atoms with Gasteiger partial charge in [0.15, 0.2) is 5.65 Å². The van der Waals surface area contributed by atoms with Gasteiger partial charge in [0.2, 0.25) is 5.91 Å². The number of amides is 1. The number of aromatic amines is 1. The number of fused-ring (bicyclic) bond motifs is 1. The monoisotopic (exact) mass is 368 g/mol. The molecule has 0 spiro atoms. The van der Waals surface area contributed by atoms with Gasteiger partial charge in [0.1, 0.15) is 0 Å². The molecular formula is C19H24N6O2. The molecule has 4 rings (SSSR count). The van der Waals surface area contributed by atoms with Crippen LogP contribution in [0.25, 0.3) is 5.65 Å². The van der Waals surface area contributed by atoms with Gasteiger partial charge in [-0.05, 0) is 32.8 Å². The molecule has 1 saturated heterocycles. The van der Waals surface area contributed by atoms with E-state index in [1.165, 1.54) is 10.6 Å². The highest BCUT2D eigenvalue weighted by atomic mass is 16.2. The molecule has 1 fully saturated rings. The van der Waals surface area contributed by atoms with Crippen molar-refractivity contribution in [3.63, 3.8) is 0 Å². The normalized spacial score (nSPS) is 15.6. The van der Waals surface area contributed by atoms with Crippen molar-refractivity contribution in [1.29, 1.82) is 0 Å². The molecule has 142 valence electrons. The number of nitrogens with zero attached hydrogens (tertiary/aromatic N) is 5. The highest BCUT2D eigenvalue weighted by Crippen LogP contribution is 2.27. The molecule has 0 radical (unpaired) electrons. The minimum Gasteiger partial charge on any atom is -0.343 e. The summed E-state index contributed by atoms with van der Waals surface area (Å²) in [5.41, 5.74) is 3.37. The number of H-pyrrole nitrogens is 1. The van der Waals surface area contributed by atoms with Crippen LogP contribution in [-0.2, 0) is 11.3 Å². The fourth-order valence-electron chi connectivity index (χ4n) is 3.77. The molecule has 0 unspecified atom stereocenters. The Labute approximate surface area is 156 Å². The molecule has 8 nitrogen and oxygen atoms in total. The van der Waals surface area contributed by atoms with Crippen molar-refractivity contribution in [2.24, 2.45) is 0 Å². The molecule has 4 heterocycles. The number of hydrogen-bond acceptors (Lipinski definition) is 4. The molecule has 0 saturated carbocycles. The van der Waals surface area contributed by atoms with E-state index in [9.17, 15) is 9.59 Å². The average molecular weight is 368 g/mol. The first-order valence-electron chi connectivity index (χ1n) is 9.37. The van der Waals surface area contributed by atoms with Crippen molar-refractivity contribution in [3.05, 3.63) is 51.8 Å². The first-order valence-corrected chi connectivity index (χ1v) is 9.37. The van der Waals surface area contributed by atoms with E-state index in [1.807, 2.05) is 35.6 Å². The molecule has 8 heteroatoms. The van der Waals surface area contributed by atoms with E-state index < -0.39 is 0 Å². The number of aromatic nitrogens is 5. The maximum absolute atomic E-state index is 12.5. The smallest absolute Gasteiger partial charge is 0.272 e. The van der Waals surface area contributed by atoms with Gasteiger partial charge in [0.25, 0.3) is 5.56 Å². The number of hydrogen-bond donors (Lipinski definition) is 1. The Kier molecular flexibility index (Phi) is 4.55. The molecule has 27 heavy (non-hydrogen) atoms. The second-order valence-electron chi connectivity index (χ2n) is 7.24. The van der Waals surface area contributed by atoms with Crippen LogP contribution >= 0.6 is 0 Å². The molecule has 1 amide bonds. The van der Waals surface area contributed by atoms with Crippen LogP contribution < -0.4 is 5.56 Å². The summed E-state index contributed by atoms with van der Waals surface area (Å²) in [7, 11) is 0. The Morgan fingerprint density at radius 3 is 2.74 bits per heavy atom. The van der Waals surface area contributed by atoms with Crippen molar-refractivity contribution in [2.45, 2.75) is 45.6 Å². The maximum atomic E-state index is 12.5. The lowest BCUT2D eigenvalue weighted by atomic mass is 9.93. The Morgan fingerprint density at radius 2 is 2.04 bits per heavy atom. The van der Waals surface area contributed by atoms with Crippen LogP contribution in [0.4, 0.5) is 0 Å². The van der Waals surface area contributed by atoms with Gasteiger partial charge in [-0.2, -0.15) is 5.10 Å². The first-order chi connectivity index (χ1) is 13.0. The number of carbonyl (C=O) groups excluding carboxylic acids is 1. The second kappa shape index (κ2) is 7.02. The lowest BCUT2D eigenvalue weighted by Gasteiger charge is -2.31. The molecule has 0 aromatic carbocycles. The van der Waals surface area contributed by atoms with Crippen molar-refractivity contribution in [3.8, 4) is 0 Å². The number of nitrogens with one attached hydrogen (secondary N) is 1. The van der Waals surface area contributed by atoms with E-state index in [0.29, 0.717) is 24.5 Å². The van der Waals surface area contributed by atoms with E-state index in [-0.39, 0.29) is 11.5 Å². The summed E-state index contributed by atoms with van der Waals surface area (Å²) in [6.07, 6.45) is 3.99. The van der Waals surface area contributed by atoms with E-state index in [0.717, 1.165) is 43.0 Å². The minimum atomic E-state index is -0.0923. The average Bonchev–Trinajstić information content (AvgIpc) is 3.26. The summed E-state index contributed by atoms with van der Waals surface area (Å²) in [5.74, 6) is 0.484. The van der Waals surface area contributed by atoms with E-state index >= 15 is 0 Å². The zero-order valence-corrected chi connectivity index (χ0v) is 15.7. The molecule has 0 bridgehead atoms. The van der Waals surface area contributed by atoms with Crippen LogP contribution in [0, 0.1) is 13.8 Å². The predicted octanol–water partition coefficient (Wildman–Crippen LogP) is 1.63. The minimum absolute atomic E-state index is 0.0923. The summed E-state index contributed by atoms with van der Waals surface area (Å²) in [4.78, 5) is 30.9. The summed E-state index contributed by atoms with van der Waals surface area (Å²) >= 11 is 0. The second-order valence-corrected chi connectivity index (χ2v) is 7.24. The topological polar surface area (TPSA) is 88.3 Å². The van der Waals surface area contributed by atoms with Crippen molar-refractivity contribution in [2.75, 3.05) is 13.1 Å². The number of likely N-dealkylation sites (tertiary alicyclic amines) is 1. The third kappa shape index (κ3) is 3.51. The lowest BCUT2D eigenvalue weighted by Crippen LogP contribution is -2.38. The Hall–Kier alpha value is -2.90. The number of rotatable bonds is 4. The molecule has 3 aromatic rings. The van der Waals surface area contributed by atoms with E-state index in [4.69, 9.17) is 0 Å². The maximum Gasteiger partial charge on any atom is 0.272 e. The highest BCUT2D eigenvalue weighted by Gasteiger charge is 2.25. The molecule has 0 aliphatic carbocycles. The Morgan fingerprint density at radius 1 is 1.26 bits per heavy atom. The van der Waals surface area contributed by atoms with Gasteiger partial charge in [-0.3, -0.25) is 19.4 Å². The number of aryl methyl sites for hydroxylation is 3. The summed E-state index contributed by atoms with van der Waals surface area (Å²) in [5, 5.41) is 7.41. The van der Waals surface area contributed by atoms with Crippen LogP contribution in [-0.4, -0.2) is 48.3 Å². The van der Waals surface area contributed by atoms with Gasteiger partial charge in [-0.1, -0.05) is 0 Å². The summed E-state index contributed by atoms with van der Waals surface area (Å²) < 4.78 is 3.36. The fourth-order valence-corrected chi connectivity index (χ4v) is 3.77. The van der Waals surface area contributed by atoms with Gasteiger partial charge >= 0.3 is 0 Å². The van der Waals surface area contributed by atoms with Gasteiger partial charge in [-0.15, -0.1) is 0 Å². The molecular weight excluding hydrogens is 344 g/mol. The first kappa shape index (κ1) is 17.5. The zero-order chi connectivity index (χ0) is 19.0. The summed E-state index contributed by atoms with van der Waals surface area (Å²) in [6.45, 7) is 5.90.